The van der Waals surface area contributed by atoms with Gasteiger partial charge in [0.05, 0.1) is 26.1 Å². The van der Waals surface area contributed by atoms with Crippen LogP contribution in [0.2, 0.25) is 0 Å². The molecule has 7 nitrogen and oxygen atoms in total. The lowest BCUT2D eigenvalue weighted by molar-refractivity contribution is -0.138. The third-order valence-corrected chi connectivity index (χ3v) is 6.55. The molecule has 0 N–H and O–H groups in total. The fourth-order valence-corrected chi connectivity index (χ4v) is 4.36. The van der Waals surface area contributed by atoms with Crippen LogP contribution >= 0.6 is 11.8 Å². The third kappa shape index (κ3) is 7.26. The highest BCUT2D eigenvalue weighted by Crippen LogP contribution is 2.33. The third-order valence-electron chi connectivity index (χ3n) is 5.52. The minimum atomic E-state index is -0.346. The van der Waals surface area contributed by atoms with Crippen LogP contribution in [0.3, 0.4) is 0 Å². The van der Waals surface area contributed by atoms with Gasteiger partial charge in [0.15, 0.2) is 28.8 Å². The SMILES string of the molecule is COc1cc(/C=C2\CSC/C(=C\c3ccc(OC(=O)C(C)C)c(OC)c3)C2=O)ccc1OC(=O)C(C)C. The molecule has 0 aliphatic carbocycles. The monoisotopic (exact) mass is 524 g/mol. The van der Waals surface area contributed by atoms with E-state index < -0.39 is 0 Å². The predicted octanol–water partition coefficient (Wildman–Crippen LogP) is 5.61. The fourth-order valence-electron chi connectivity index (χ4n) is 3.39. The Morgan fingerprint density at radius 3 is 1.49 bits per heavy atom. The minimum Gasteiger partial charge on any atom is -0.493 e. The average molecular weight is 525 g/mol. The van der Waals surface area contributed by atoms with Crippen molar-refractivity contribution in [2.45, 2.75) is 27.7 Å². The molecule has 1 fully saturated rings. The smallest absolute Gasteiger partial charge is 0.313 e. The molecule has 196 valence electrons. The van der Waals surface area contributed by atoms with Gasteiger partial charge in [0.2, 0.25) is 0 Å². The molecule has 1 aliphatic rings. The molecule has 0 spiro atoms. The van der Waals surface area contributed by atoms with Crippen molar-refractivity contribution in [2.24, 2.45) is 11.8 Å². The molecular formula is C29H32O7S. The summed E-state index contributed by atoms with van der Waals surface area (Å²) in [5.41, 5.74) is 2.85. The van der Waals surface area contributed by atoms with Crippen molar-refractivity contribution in [2.75, 3.05) is 25.7 Å². The molecule has 0 aromatic heterocycles. The summed E-state index contributed by atoms with van der Waals surface area (Å²) >= 11 is 1.64. The van der Waals surface area contributed by atoms with E-state index in [-0.39, 0.29) is 29.6 Å². The van der Waals surface area contributed by atoms with Crippen molar-refractivity contribution in [3.63, 3.8) is 0 Å². The highest BCUT2D eigenvalue weighted by molar-refractivity contribution is 7.99. The van der Waals surface area contributed by atoms with E-state index in [4.69, 9.17) is 18.9 Å². The normalized spacial score (nSPS) is 15.8. The molecule has 8 heteroatoms. The van der Waals surface area contributed by atoms with Gasteiger partial charge in [-0.15, -0.1) is 0 Å². The summed E-state index contributed by atoms with van der Waals surface area (Å²) in [6.45, 7) is 7.04. The van der Waals surface area contributed by atoms with Crippen LogP contribution in [-0.4, -0.2) is 43.4 Å². The van der Waals surface area contributed by atoms with Crippen LogP contribution in [0.5, 0.6) is 23.0 Å². The molecular weight excluding hydrogens is 492 g/mol. The van der Waals surface area contributed by atoms with Crippen molar-refractivity contribution in [3.05, 3.63) is 58.7 Å². The number of thioether (sulfide) groups is 1. The number of esters is 2. The molecule has 1 aliphatic heterocycles. The Labute approximate surface area is 221 Å². The molecule has 0 atom stereocenters. The lowest BCUT2D eigenvalue weighted by atomic mass is 10.00. The zero-order chi connectivity index (χ0) is 27.1. The average Bonchev–Trinajstić information content (AvgIpc) is 2.87. The van der Waals surface area contributed by atoms with Crippen LogP contribution in [0.1, 0.15) is 38.8 Å². The van der Waals surface area contributed by atoms with Crippen molar-refractivity contribution in [1.82, 2.24) is 0 Å². The highest BCUT2D eigenvalue weighted by Gasteiger charge is 2.22. The van der Waals surface area contributed by atoms with Gasteiger partial charge in [-0.2, -0.15) is 11.8 Å². The maximum Gasteiger partial charge on any atom is 0.313 e. The zero-order valence-electron chi connectivity index (χ0n) is 22.0. The van der Waals surface area contributed by atoms with Gasteiger partial charge in [-0.1, -0.05) is 39.8 Å². The summed E-state index contributed by atoms with van der Waals surface area (Å²) < 4.78 is 21.6. The molecule has 0 unspecified atom stereocenters. The highest BCUT2D eigenvalue weighted by atomic mass is 32.2. The molecule has 1 heterocycles. The summed E-state index contributed by atoms with van der Waals surface area (Å²) in [6.07, 6.45) is 3.65. The van der Waals surface area contributed by atoms with Crippen LogP contribution in [0.4, 0.5) is 0 Å². The Hall–Kier alpha value is -3.52. The maximum atomic E-state index is 13.3. The van der Waals surface area contributed by atoms with Crippen LogP contribution in [0.25, 0.3) is 12.2 Å². The number of Topliss-reactive ketones (excluding diaryl/α,β-unsaturated/α-hetero) is 1. The molecule has 0 amide bonds. The van der Waals surface area contributed by atoms with E-state index in [0.717, 1.165) is 11.1 Å². The predicted molar refractivity (Wildman–Crippen MR) is 145 cm³/mol. The first-order valence-corrected chi connectivity index (χ1v) is 13.1. The Bertz CT molecular complexity index is 1150. The second-order valence-electron chi connectivity index (χ2n) is 9.13. The van der Waals surface area contributed by atoms with Gasteiger partial charge in [0.25, 0.3) is 0 Å². The molecule has 2 aromatic carbocycles. The second kappa shape index (κ2) is 12.6. The summed E-state index contributed by atoms with van der Waals surface area (Å²) in [6, 6.07) is 10.4. The van der Waals surface area contributed by atoms with E-state index in [0.29, 0.717) is 45.6 Å². The van der Waals surface area contributed by atoms with Gasteiger partial charge in [-0.25, -0.2) is 0 Å². The van der Waals surface area contributed by atoms with Gasteiger partial charge < -0.3 is 18.9 Å². The number of carbonyl (C=O) groups is 3. The number of ether oxygens (including phenoxy) is 4. The van der Waals surface area contributed by atoms with E-state index in [1.165, 1.54) is 14.2 Å². The number of ketones is 1. The summed E-state index contributed by atoms with van der Waals surface area (Å²) in [5.74, 6) is 1.41. The minimum absolute atomic E-state index is 0.0395. The quantitative estimate of drug-likeness (QED) is 0.250. The summed E-state index contributed by atoms with van der Waals surface area (Å²) in [5, 5.41) is 0. The van der Waals surface area contributed by atoms with Crippen LogP contribution in [-0.2, 0) is 14.4 Å². The van der Waals surface area contributed by atoms with Gasteiger partial charge in [0, 0.05) is 22.7 Å². The van der Waals surface area contributed by atoms with Crippen molar-refractivity contribution in [3.8, 4) is 23.0 Å². The van der Waals surface area contributed by atoms with Gasteiger partial charge in [-0.3, -0.25) is 14.4 Å². The second-order valence-corrected chi connectivity index (χ2v) is 10.1. The molecule has 37 heavy (non-hydrogen) atoms. The summed E-state index contributed by atoms with van der Waals surface area (Å²) in [7, 11) is 3.01. The van der Waals surface area contributed by atoms with Crippen LogP contribution in [0.15, 0.2) is 47.5 Å². The Balaban J connectivity index is 1.83. The first-order valence-electron chi connectivity index (χ1n) is 12.0. The molecule has 3 rings (SSSR count). The molecule has 2 aromatic rings. The number of carbonyl (C=O) groups excluding carboxylic acids is 3. The fraction of sp³-hybridized carbons (Fsp3) is 0.345. The van der Waals surface area contributed by atoms with E-state index in [2.05, 4.69) is 0 Å². The number of benzene rings is 2. The Morgan fingerprint density at radius 1 is 0.730 bits per heavy atom. The van der Waals surface area contributed by atoms with Crippen molar-refractivity contribution >= 4 is 41.6 Å². The van der Waals surface area contributed by atoms with E-state index in [9.17, 15) is 14.4 Å². The first kappa shape index (κ1) is 28.1. The van der Waals surface area contributed by atoms with Gasteiger partial charge >= 0.3 is 11.9 Å². The van der Waals surface area contributed by atoms with E-state index in [1.54, 1.807) is 75.9 Å². The first-order chi connectivity index (χ1) is 17.6. The lowest BCUT2D eigenvalue weighted by Gasteiger charge is -2.17. The van der Waals surface area contributed by atoms with Gasteiger partial charge in [-0.05, 0) is 47.5 Å². The Morgan fingerprint density at radius 2 is 1.14 bits per heavy atom. The van der Waals surface area contributed by atoms with E-state index in [1.807, 2.05) is 12.2 Å². The largest absolute Gasteiger partial charge is 0.493 e. The Kier molecular flexibility index (Phi) is 9.58. The van der Waals surface area contributed by atoms with Gasteiger partial charge in [0.1, 0.15) is 0 Å². The summed E-state index contributed by atoms with van der Waals surface area (Å²) in [4.78, 5) is 37.2. The zero-order valence-corrected chi connectivity index (χ0v) is 22.8. The lowest BCUT2D eigenvalue weighted by Crippen LogP contribution is -2.16. The van der Waals surface area contributed by atoms with Crippen LogP contribution < -0.4 is 18.9 Å². The van der Waals surface area contributed by atoms with E-state index >= 15 is 0 Å². The number of hydrogen-bond acceptors (Lipinski definition) is 8. The standard InChI is InChI=1S/C29H32O7S/c1-17(2)28(31)35-23-9-7-19(13-25(23)33-5)11-21-15-37-16-22(27(21)30)12-20-8-10-24(26(14-20)34-6)36-29(32)18(3)4/h7-14,17-18H,15-16H2,1-6H3/b21-11+,22-12+. The number of methoxy groups -OCH3 is 2. The maximum absolute atomic E-state index is 13.3. The molecule has 0 bridgehead atoms. The van der Waals surface area contributed by atoms with Crippen molar-refractivity contribution < 1.29 is 33.3 Å². The van der Waals surface area contributed by atoms with Crippen molar-refractivity contribution in [1.29, 1.82) is 0 Å². The molecule has 0 radical (unpaired) electrons. The number of rotatable bonds is 8. The van der Waals surface area contributed by atoms with Crippen LogP contribution in [0, 0.1) is 11.8 Å². The molecule has 0 saturated carbocycles. The number of hydrogen-bond donors (Lipinski definition) is 0. The topological polar surface area (TPSA) is 88.1 Å². The molecule has 1 saturated heterocycles.